The molecule has 1 aromatic rings. The fourth-order valence-corrected chi connectivity index (χ4v) is 1.00. The van der Waals surface area contributed by atoms with Crippen LogP contribution in [0.1, 0.15) is 19.9 Å². The summed E-state index contributed by atoms with van der Waals surface area (Å²) in [5.74, 6) is -0.463. The normalized spacial score (nSPS) is 12.1. The van der Waals surface area contributed by atoms with Crippen molar-refractivity contribution < 1.29 is 14.5 Å². The Morgan fingerprint density at radius 2 is 2.47 bits per heavy atom. The fraction of sp³-hybridized carbons (Fsp3) is 0.500. The zero-order chi connectivity index (χ0) is 11.4. The molecule has 15 heavy (non-hydrogen) atoms. The topological polar surface area (TPSA) is 87.3 Å². The highest BCUT2D eigenvalue weighted by Gasteiger charge is 2.19. The maximum atomic E-state index is 11.3. The van der Waals surface area contributed by atoms with E-state index in [1.54, 1.807) is 13.8 Å². The van der Waals surface area contributed by atoms with Crippen molar-refractivity contribution in [3.05, 3.63) is 22.5 Å². The first-order chi connectivity index (χ1) is 7.06. The third kappa shape index (κ3) is 2.52. The molecule has 0 bridgehead atoms. The van der Waals surface area contributed by atoms with Gasteiger partial charge in [-0.05, 0) is 13.8 Å². The van der Waals surface area contributed by atoms with Gasteiger partial charge in [0, 0.05) is 0 Å². The standard InChI is InChI=1S/C8H11N3O4/c1-3-15-8(12)6(2)10-5-7(4-9-10)11(13)14/h4-6H,3H2,1-2H3. The average molecular weight is 213 g/mol. The monoisotopic (exact) mass is 213 g/mol. The quantitative estimate of drug-likeness (QED) is 0.421. The lowest BCUT2D eigenvalue weighted by molar-refractivity contribution is -0.385. The Morgan fingerprint density at radius 1 is 1.80 bits per heavy atom. The minimum Gasteiger partial charge on any atom is -0.464 e. The molecule has 1 unspecified atom stereocenters. The number of carbonyl (C=O) groups is 1. The van der Waals surface area contributed by atoms with E-state index >= 15 is 0 Å². The molecule has 7 nitrogen and oxygen atoms in total. The van der Waals surface area contributed by atoms with Gasteiger partial charge in [0.05, 0.1) is 11.5 Å². The second-order valence-corrected chi connectivity index (χ2v) is 2.86. The van der Waals surface area contributed by atoms with E-state index in [9.17, 15) is 14.9 Å². The van der Waals surface area contributed by atoms with Crippen LogP contribution in [0.4, 0.5) is 5.69 Å². The molecule has 7 heteroatoms. The van der Waals surface area contributed by atoms with Gasteiger partial charge in [-0.1, -0.05) is 0 Å². The zero-order valence-corrected chi connectivity index (χ0v) is 8.41. The van der Waals surface area contributed by atoms with Gasteiger partial charge in [0.1, 0.15) is 18.4 Å². The van der Waals surface area contributed by atoms with E-state index in [1.165, 1.54) is 10.9 Å². The van der Waals surface area contributed by atoms with Gasteiger partial charge in [-0.15, -0.1) is 0 Å². The van der Waals surface area contributed by atoms with E-state index in [0.29, 0.717) is 0 Å². The molecule has 82 valence electrons. The third-order valence-electron chi connectivity index (χ3n) is 1.82. The summed E-state index contributed by atoms with van der Waals surface area (Å²) in [6.45, 7) is 3.53. The summed E-state index contributed by atoms with van der Waals surface area (Å²) in [4.78, 5) is 21.1. The number of ether oxygens (including phenoxy) is 1. The summed E-state index contributed by atoms with van der Waals surface area (Å²) < 4.78 is 5.96. The summed E-state index contributed by atoms with van der Waals surface area (Å²) in [6, 6.07) is -0.654. The highest BCUT2D eigenvalue weighted by atomic mass is 16.6. The van der Waals surface area contributed by atoms with E-state index in [4.69, 9.17) is 4.74 Å². The summed E-state index contributed by atoms with van der Waals surface area (Å²) in [7, 11) is 0. The first kappa shape index (κ1) is 11.2. The Bertz CT molecular complexity index is 374. The van der Waals surface area contributed by atoms with Gasteiger partial charge in [-0.2, -0.15) is 5.10 Å². The van der Waals surface area contributed by atoms with Gasteiger partial charge in [-0.25, -0.2) is 4.79 Å². The molecule has 1 aromatic heterocycles. The summed E-state index contributed by atoms with van der Waals surface area (Å²) in [6.07, 6.45) is 2.29. The molecule has 1 heterocycles. The van der Waals surface area contributed by atoms with Crippen LogP contribution in [0, 0.1) is 10.1 Å². The molecule has 0 amide bonds. The Hall–Kier alpha value is -1.92. The maximum Gasteiger partial charge on any atom is 0.330 e. The SMILES string of the molecule is CCOC(=O)C(C)n1cc([N+](=O)[O-])cn1. The van der Waals surface area contributed by atoms with Crippen molar-refractivity contribution in [3.8, 4) is 0 Å². The van der Waals surface area contributed by atoms with Crippen LogP contribution in [0.25, 0.3) is 0 Å². The minimum atomic E-state index is -0.654. The number of hydrogen-bond acceptors (Lipinski definition) is 5. The largest absolute Gasteiger partial charge is 0.464 e. The number of aromatic nitrogens is 2. The van der Waals surface area contributed by atoms with Crippen LogP contribution in [0.15, 0.2) is 12.4 Å². The molecule has 0 N–H and O–H groups in total. The lowest BCUT2D eigenvalue weighted by Gasteiger charge is -2.09. The molecule has 0 spiro atoms. The summed E-state index contributed by atoms with van der Waals surface area (Å²) in [5, 5.41) is 14.1. The first-order valence-electron chi connectivity index (χ1n) is 4.41. The molecule has 0 saturated heterocycles. The van der Waals surface area contributed by atoms with E-state index < -0.39 is 16.9 Å². The molecule has 1 atom stereocenters. The zero-order valence-electron chi connectivity index (χ0n) is 8.41. The van der Waals surface area contributed by atoms with Crippen molar-refractivity contribution >= 4 is 11.7 Å². The smallest absolute Gasteiger partial charge is 0.330 e. The number of nitrogens with zero attached hydrogens (tertiary/aromatic N) is 3. The van der Waals surface area contributed by atoms with Gasteiger partial charge >= 0.3 is 11.7 Å². The molecule has 0 aliphatic heterocycles. The number of rotatable bonds is 4. The lowest BCUT2D eigenvalue weighted by atomic mass is 10.3. The van der Waals surface area contributed by atoms with Crippen molar-refractivity contribution in [2.75, 3.05) is 6.61 Å². The highest BCUT2D eigenvalue weighted by Crippen LogP contribution is 2.13. The molecule has 0 saturated carbocycles. The van der Waals surface area contributed by atoms with Gasteiger partial charge in [-0.3, -0.25) is 14.8 Å². The number of esters is 1. The van der Waals surface area contributed by atoms with Gasteiger partial charge < -0.3 is 4.74 Å². The first-order valence-corrected chi connectivity index (χ1v) is 4.41. The lowest BCUT2D eigenvalue weighted by Crippen LogP contribution is -2.19. The predicted molar refractivity (Wildman–Crippen MR) is 50.2 cm³/mol. The van der Waals surface area contributed by atoms with E-state index in [1.807, 2.05) is 0 Å². The van der Waals surface area contributed by atoms with Crippen molar-refractivity contribution in [2.24, 2.45) is 0 Å². The third-order valence-corrected chi connectivity index (χ3v) is 1.82. The van der Waals surface area contributed by atoms with Crippen molar-refractivity contribution in [3.63, 3.8) is 0 Å². The Labute approximate surface area is 85.8 Å². The predicted octanol–water partition coefficient (Wildman–Crippen LogP) is 0.915. The van der Waals surface area contributed by atoms with E-state index in [0.717, 1.165) is 6.20 Å². The number of carbonyl (C=O) groups excluding carboxylic acids is 1. The maximum absolute atomic E-state index is 11.3. The van der Waals surface area contributed by atoms with Gasteiger partial charge in [0.25, 0.3) is 0 Å². The van der Waals surface area contributed by atoms with Crippen LogP contribution in [0.3, 0.4) is 0 Å². The van der Waals surface area contributed by atoms with E-state index in [-0.39, 0.29) is 12.3 Å². The number of nitro groups is 1. The van der Waals surface area contributed by atoms with Crippen molar-refractivity contribution in [1.29, 1.82) is 0 Å². The molecule has 0 aliphatic rings. The van der Waals surface area contributed by atoms with Crippen LogP contribution >= 0.6 is 0 Å². The van der Waals surface area contributed by atoms with Crippen molar-refractivity contribution in [2.45, 2.75) is 19.9 Å². The molecular weight excluding hydrogens is 202 g/mol. The van der Waals surface area contributed by atoms with Crippen LogP contribution in [-0.4, -0.2) is 27.3 Å². The van der Waals surface area contributed by atoms with Crippen LogP contribution in [0.2, 0.25) is 0 Å². The Kier molecular flexibility index (Phi) is 3.37. The van der Waals surface area contributed by atoms with Crippen molar-refractivity contribution in [1.82, 2.24) is 9.78 Å². The van der Waals surface area contributed by atoms with E-state index in [2.05, 4.69) is 5.10 Å². The second-order valence-electron chi connectivity index (χ2n) is 2.86. The average Bonchev–Trinajstić information content (AvgIpc) is 2.65. The van der Waals surface area contributed by atoms with Crippen LogP contribution < -0.4 is 0 Å². The Morgan fingerprint density at radius 3 is 2.93 bits per heavy atom. The Balaban J connectivity index is 2.78. The number of hydrogen-bond donors (Lipinski definition) is 0. The molecule has 0 aliphatic carbocycles. The summed E-state index contributed by atoms with van der Waals surface area (Å²) in [5.41, 5.74) is -0.147. The molecule has 1 rings (SSSR count). The van der Waals surface area contributed by atoms with Gasteiger partial charge in [0.15, 0.2) is 0 Å². The van der Waals surface area contributed by atoms with Gasteiger partial charge in [0.2, 0.25) is 0 Å². The molecule has 0 aromatic carbocycles. The molecular formula is C8H11N3O4. The molecule has 0 fully saturated rings. The highest BCUT2D eigenvalue weighted by molar-refractivity contribution is 5.73. The van der Waals surface area contributed by atoms with Crippen LogP contribution in [0.5, 0.6) is 0 Å². The minimum absolute atomic E-state index is 0.147. The van der Waals surface area contributed by atoms with Crippen LogP contribution in [-0.2, 0) is 9.53 Å². The second kappa shape index (κ2) is 4.54. The molecule has 0 radical (unpaired) electrons. The fourth-order valence-electron chi connectivity index (χ4n) is 1.00. The summed E-state index contributed by atoms with van der Waals surface area (Å²) >= 11 is 0.